The molecular weight excluding hydrogens is 320 g/mol. The molecule has 0 heterocycles. The largest absolute Gasteiger partial charge is 0.508 e. The van der Waals surface area contributed by atoms with Gasteiger partial charge in [0.25, 0.3) is 0 Å². The van der Waals surface area contributed by atoms with E-state index in [1.54, 1.807) is 0 Å². The number of hydrogen-bond donors (Lipinski definition) is 0. The van der Waals surface area contributed by atoms with Crippen molar-refractivity contribution in [1.29, 1.82) is 0 Å². The van der Waals surface area contributed by atoms with Gasteiger partial charge in [-0.05, 0) is 12.8 Å². The molecule has 24 heavy (non-hydrogen) atoms. The smallest absolute Gasteiger partial charge is 0.434 e. The first-order valence-corrected chi connectivity index (χ1v) is 8.45. The van der Waals surface area contributed by atoms with Gasteiger partial charge in [-0.15, -0.1) is 0 Å². The normalized spacial score (nSPS) is 10.2. The van der Waals surface area contributed by atoms with Crippen molar-refractivity contribution in [2.75, 3.05) is 52.9 Å². The van der Waals surface area contributed by atoms with E-state index in [1.807, 2.05) is 13.8 Å². The Balaban J connectivity index is 3.20. The molecule has 0 bridgehead atoms. The summed E-state index contributed by atoms with van der Waals surface area (Å²) in [5.74, 6) is 0. The molecule has 0 rings (SSSR count). The van der Waals surface area contributed by atoms with E-state index in [2.05, 4.69) is 0 Å². The first-order chi connectivity index (χ1) is 11.7. The fourth-order valence-corrected chi connectivity index (χ4v) is 1.37. The Morgan fingerprint density at radius 1 is 0.542 bits per heavy atom. The Morgan fingerprint density at radius 3 is 1.25 bits per heavy atom. The number of carbonyl (C=O) groups excluding carboxylic acids is 2. The summed E-state index contributed by atoms with van der Waals surface area (Å²) in [5.41, 5.74) is 0. The van der Waals surface area contributed by atoms with Crippen molar-refractivity contribution in [3.8, 4) is 0 Å². The van der Waals surface area contributed by atoms with Crippen LogP contribution in [0.15, 0.2) is 0 Å². The molecule has 0 radical (unpaired) electrons. The second-order valence-electron chi connectivity index (χ2n) is 4.83. The molecule has 0 spiro atoms. The summed E-state index contributed by atoms with van der Waals surface area (Å²) in [6, 6.07) is 0. The Kier molecular flexibility index (Phi) is 16.7. The zero-order chi connectivity index (χ0) is 17.9. The number of rotatable bonds is 15. The van der Waals surface area contributed by atoms with E-state index in [4.69, 9.17) is 28.4 Å². The number of unbranched alkanes of at least 4 members (excludes halogenated alkanes) is 2. The molecule has 8 nitrogen and oxygen atoms in total. The van der Waals surface area contributed by atoms with Gasteiger partial charge in [0.2, 0.25) is 0 Å². The van der Waals surface area contributed by atoms with Crippen LogP contribution in [0.1, 0.15) is 39.5 Å². The summed E-state index contributed by atoms with van der Waals surface area (Å²) in [7, 11) is 0. The molecule has 0 aliphatic heterocycles. The van der Waals surface area contributed by atoms with Gasteiger partial charge in [-0.2, -0.15) is 0 Å². The molecule has 0 aromatic heterocycles. The molecule has 0 N–H and O–H groups in total. The predicted molar refractivity (Wildman–Crippen MR) is 86.1 cm³/mol. The summed E-state index contributed by atoms with van der Waals surface area (Å²) in [5, 5.41) is 0. The average Bonchev–Trinajstić information content (AvgIpc) is 2.57. The fraction of sp³-hybridized carbons (Fsp3) is 0.875. The maximum Gasteiger partial charge on any atom is 0.508 e. The SMILES string of the molecule is CCCCOC(=O)OCCOCCOCCOC(=O)OCCCC. The maximum atomic E-state index is 11.1. The van der Waals surface area contributed by atoms with Crippen molar-refractivity contribution >= 4 is 12.3 Å². The van der Waals surface area contributed by atoms with Gasteiger partial charge in [-0.3, -0.25) is 0 Å². The van der Waals surface area contributed by atoms with Crippen molar-refractivity contribution in [2.24, 2.45) is 0 Å². The second kappa shape index (κ2) is 17.8. The molecule has 0 unspecified atom stereocenters. The highest BCUT2D eigenvalue weighted by Crippen LogP contribution is 1.93. The standard InChI is InChI=1S/C16H30O8/c1-3-5-7-21-15(17)23-13-11-19-9-10-20-12-14-24-16(18)22-8-6-4-2/h3-14H2,1-2H3. The van der Waals surface area contributed by atoms with Gasteiger partial charge in [0.05, 0.1) is 39.6 Å². The predicted octanol–water partition coefficient (Wildman–Crippen LogP) is 2.93. The topological polar surface area (TPSA) is 89.5 Å². The molecule has 0 aromatic rings. The Labute approximate surface area is 143 Å². The lowest BCUT2D eigenvalue weighted by molar-refractivity contribution is -0.00476. The van der Waals surface area contributed by atoms with E-state index in [0.717, 1.165) is 25.7 Å². The second-order valence-corrected chi connectivity index (χ2v) is 4.83. The third-order valence-electron chi connectivity index (χ3n) is 2.70. The van der Waals surface area contributed by atoms with Crippen LogP contribution in [-0.2, 0) is 28.4 Å². The van der Waals surface area contributed by atoms with Crippen LogP contribution < -0.4 is 0 Å². The van der Waals surface area contributed by atoms with Crippen LogP contribution in [0.4, 0.5) is 9.59 Å². The molecule has 142 valence electrons. The summed E-state index contributed by atoms with van der Waals surface area (Å²) in [6.07, 6.45) is 2.22. The number of carbonyl (C=O) groups is 2. The van der Waals surface area contributed by atoms with E-state index in [-0.39, 0.29) is 26.4 Å². The molecule has 0 aliphatic rings. The Bertz CT molecular complexity index is 278. The summed E-state index contributed by atoms with van der Waals surface area (Å²) >= 11 is 0. The van der Waals surface area contributed by atoms with E-state index in [9.17, 15) is 9.59 Å². The van der Waals surface area contributed by atoms with E-state index in [0.29, 0.717) is 26.4 Å². The van der Waals surface area contributed by atoms with Gasteiger partial charge in [0.15, 0.2) is 0 Å². The number of hydrogen-bond acceptors (Lipinski definition) is 8. The molecule has 0 atom stereocenters. The first kappa shape index (κ1) is 22.5. The molecule has 0 amide bonds. The van der Waals surface area contributed by atoms with Gasteiger partial charge in [-0.1, -0.05) is 26.7 Å². The molecule has 0 saturated heterocycles. The highest BCUT2D eigenvalue weighted by atomic mass is 16.7. The van der Waals surface area contributed by atoms with Crippen LogP contribution in [-0.4, -0.2) is 65.2 Å². The lowest BCUT2D eigenvalue weighted by atomic mass is 10.4. The minimum atomic E-state index is -0.675. The van der Waals surface area contributed by atoms with Gasteiger partial charge < -0.3 is 28.4 Å². The molecular formula is C16H30O8. The van der Waals surface area contributed by atoms with Crippen molar-refractivity contribution < 1.29 is 38.0 Å². The van der Waals surface area contributed by atoms with Crippen LogP contribution in [0.2, 0.25) is 0 Å². The van der Waals surface area contributed by atoms with E-state index >= 15 is 0 Å². The first-order valence-electron chi connectivity index (χ1n) is 8.45. The molecule has 0 fully saturated rings. The summed E-state index contributed by atoms with van der Waals surface area (Å²) in [6.45, 7) is 6.29. The van der Waals surface area contributed by atoms with Crippen LogP contribution in [0.25, 0.3) is 0 Å². The molecule has 0 aliphatic carbocycles. The van der Waals surface area contributed by atoms with Crippen molar-refractivity contribution in [1.82, 2.24) is 0 Å². The van der Waals surface area contributed by atoms with E-state index < -0.39 is 12.3 Å². The highest BCUT2D eigenvalue weighted by Gasteiger charge is 2.03. The van der Waals surface area contributed by atoms with Crippen molar-refractivity contribution in [3.05, 3.63) is 0 Å². The van der Waals surface area contributed by atoms with Crippen molar-refractivity contribution in [3.63, 3.8) is 0 Å². The minimum Gasteiger partial charge on any atom is -0.434 e. The summed E-state index contributed by atoms with van der Waals surface area (Å²) < 4.78 is 29.7. The van der Waals surface area contributed by atoms with E-state index in [1.165, 1.54) is 0 Å². The number of ether oxygens (including phenoxy) is 6. The highest BCUT2D eigenvalue weighted by molar-refractivity contribution is 5.60. The zero-order valence-corrected chi connectivity index (χ0v) is 14.8. The van der Waals surface area contributed by atoms with Gasteiger partial charge >= 0.3 is 12.3 Å². The lowest BCUT2D eigenvalue weighted by Crippen LogP contribution is -2.16. The van der Waals surface area contributed by atoms with Crippen LogP contribution in [0.3, 0.4) is 0 Å². The monoisotopic (exact) mass is 350 g/mol. The van der Waals surface area contributed by atoms with Crippen LogP contribution in [0, 0.1) is 0 Å². The van der Waals surface area contributed by atoms with Gasteiger partial charge in [0.1, 0.15) is 13.2 Å². The average molecular weight is 350 g/mol. The zero-order valence-electron chi connectivity index (χ0n) is 14.8. The lowest BCUT2D eigenvalue weighted by Gasteiger charge is -2.08. The molecule has 0 saturated carbocycles. The minimum absolute atomic E-state index is 0.137. The molecule has 8 heteroatoms. The summed E-state index contributed by atoms with van der Waals surface area (Å²) in [4.78, 5) is 22.2. The quantitative estimate of drug-likeness (QED) is 0.329. The Morgan fingerprint density at radius 2 is 0.875 bits per heavy atom. The van der Waals surface area contributed by atoms with Gasteiger partial charge in [-0.25, -0.2) is 9.59 Å². The molecule has 0 aromatic carbocycles. The van der Waals surface area contributed by atoms with Crippen LogP contribution in [0.5, 0.6) is 0 Å². The maximum absolute atomic E-state index is 11.1. The van der Waals surface area contributed by atoms with Gasteiger partial charge in [0, 0.05) is 0 Å². The Hall–Kier alpha value is -1.54. The third kappa shape index (κ3) is 16.8. The van der Waals surface area contributed by atoms with Crippen LogP contribution >= 0.6 is 0 Å². The third-order valence-corrected chi connectivity index (χ3v) is 2.70. The fourth-order valence-electron chi connectivity index (χ4n) is 1.37. The van der Waals surface area contributed by atoms with Crippen molar-refractivity contribution in [2.45, 2.75) is 39.5 Å².